The lowest BCUT2D eigenvalue weighted by molar-refractivity contribution is 0.0737. The molecular weight excluding hydrogens is 254 g/mol. The third kappa shape index (κ3) is 4.90. The Labute approximate surface area is 121 Å². The largest absolute Gasteiger partial charge is 0.392 e. The topological polar surface area (TPSA) is 23.5 Å². The van der Waals surface area contributed by atoms with Gasteiger partial charge in [0.15, 0.2) is 0 Å². The van der Waals surface area contributed by atoms with Gasteiger partial charge in [0.05, 0.1) is 6.10 Å². The Morgan fingerprint density at radius 2 is 2.11 bits per heavy atom. The van der Waals surface area contributed by atoms with Gasteiger partial charge in [-0.2, -0.15) is 0 Å². The van der Waals surface area contributed by atoms with E-state index in [-0.39, 0.29) is 6.10 Å². The Balaban J connectivity index is 1.81. The minimum atomic E-state index is -0.162. The molecule has 1 heterocycles. The van der Waals surface area contributed by atoms with E-state index in [0.29, 0.717) is 6.04 Å². The van der Waals surface area contributed by atoms with Gasteiger partial charge in [-0.05, 0) is 37.6 Å². The first-order valence-electron chi connectivity index (χ1n) is 7.59. The zero-order chi connectivity index (χ0) is 13.7. The number of aliphatic hydroxyl groups is 1. The van der Waals surface area contributed by atoms with Crippen LogP contribution < -0.4 is 0 Å². The van der Waals surface area contributed by atoms with Crippen molar-refractivity contribution in [2.45, 2.75) is 64.6 Å². The van der Waals surface area contributed by atoms with Crippen LogP contribution in [0.25, 0.3) is 0 Å². The molecule has 0 saturated heterocycles. The van der Waals surface area contributed by atoms with Crippen molar-refractivity contribution in [1.82, 2.24) is 4.90 Å². The maximum absolute atomic E-state index is 10.3. The molecule has 3 heteroatoms. The average Bonchev–Trinajstić information content (AvgIpc) is 3.00. The molecule has 0 amide bonds. The normalized spacial score (nSPS) is 18.6. The monoisotopic (exact) mass is 281 g/mol. The van der Waals surface area contributed by atoms with Crippen LogP contribution in [0.5, 0.6) is 0 Å². The van der Waals surface area contributed by atoms with Crippen LogP contribution in [0.2, 0.25) is 0 Å². The van der Waals surface area contributed by atoms with Crippen molar-refractivity contribution in [3.63, 3.8) is 0 Å². The molecule has 1 fully saturated rings. The zero-order valence-electron chi connectivity index (χ0n) is 12.2. The first-order chi connectivity index (χ1) is 9.15. The summed E-state index contributed by atoms with van der Waals surface area (Å²) in [5, 5.41) is 12.4. The Hall–Kier alpha value is -0.380. The van der Waals surface area contributed by atoms with Gasteiger partial charge < -0.3 is 5.11 Å². The van der Waals surface area contributed by atoms with Gasteiger partial charge >= 0.3 is 0 Å². The molecule has 1 aliphatic carbocycles. The van der Waals surface area contributed by atoms with Crippen molar-refractivity contribution in [3.8, 4) is 0 Å². The van der Waals surface area contributed by atoms with Gasteiger partial charge in [0.1, 0.15) is 0 Å². The molecule has 1 aromatic rings. The van der Waals surface area contributed by atoms with Gasteiger partial charge in [-0.15, -0.1) is 11.3 Å². The Morgan fingerprint density at radius 1 is 1.37 bits per heavy atom. The van der Waals surface area contributed by atoms with Gasteiger partial charge in [-0.3, -0.25) is 4.90 Å². The summed E-state index contributed by atoms with van der Waals surface area (Å²) < 4.78 is 0. The number of thiophene rings is 1. The van der Waals surface area contributed by atoms with E-state index in [0.717, 1.165) is 25.4 Å². The number of hydrogen-bond donors (Lipinski definition) is 1. The van der Waals surface area contributed by atoms with Crippen LogP contribution in [0, 0.1) is 5.92 Å². The van der Waals surface area contributed by atoms with Crippen LogP contribution in [-0.2, 0) is 6.54 Å². The summed E-state index contributed by atoms with van der Waals surface area (Å²) in [5.74, 6) is 0.769. The fourth-order valence-corrected chi connectivity index (χ4v) is 3.77. The van der Waals surface area contributed by atoms with Crippen molar-refractivity contribution in [2.24, 2.45) is 5.92 Å². The van der Waals surface area contributed by atoms with E-state index in [9.17, 15) is 5.11 Å². The highest BCUT2D eigenvalue weighted by Crippen LogP contribution is 2.29. The highest BCUT2D eigenvalue weighted by atomic mass is 32.1. The summed E-state index contributed by atoms with van der Waals surface area (Å²) >= 11 is 1.81. The van der Waals surface area contributed by atoms with Crippen molar-refractivity contribution in [1.29, 1.82) is 0 Å². The smallest absolute Gasteiger partial charge is 0.0670 e. The number of rotatable bonds is 7. The fourth-order valence-electron chi connectivity index (χ4n) is 3.04. The molecular formula is C16H27NOS. The summed E-state index contributed by atoms with van der Waals surface area (Å²) in [6.45, 7) is 6.22. The Morgan fingerprint density at radius 3 is 2.68 bits per heavy atom. The van der Waals surface area contributed by atoms with Crippen LogP contribution in [0.15, 0.2) is 17.5 Å². The van der Waals surface area contributed by atoms with E-state index < -0.39 is 0 Å². The summed E-state index contributed by atoms with van der Waals surface area (Å²) in [6, 6.07) is 4.77. The highest BCUT2D eigenvalue weighted by Gasteiger charge is 2.21. The lowest BCUT2D eigenvalue weighted by Crippen LogP contribution is -2.37. The quantitative estimate of drug-likeness (QED) is 0.819. The molecule has 0 aromatic carbocycles. The van der Waals surface area contributed by atoms with Gasteiger partial charge in [0.25, 0.3) is 0 Å². The highest BCUT2D eigenvalue weighted by molar-refractivity contribution is 7.09. The Bertz CT molecular complexity index is 344. The second-order valence-corrected chi connectivity index (χ2v) is 7.17. The molecule has 2 rings (SSSR count). The second kappa shape index (κ2) is 7.41. The maximum Gasteiger partial charge on any atom is 0.0670 e. The first-order valence-corrected chi connectivity index (χ1v) is 8.47. The lowest BCUT2D eigenvalue weighted by atomic mass is 9.99. The minimum absolute atomic E-state index is 0.162. The van der Waals surface area contributed by atoms with E-state index in [1.807, 2.05) is 0 Å². The third-order valence-electron chi connectivity index (χ3n) is 4.19. The first kappa shape index (κ1) is 15.0. The molecule has 1 aromatic heterocycles. The van der Waals surface area contributed by atoms with Crippen LogP contribution >= 0.6 is 11.3 Å². The molecule has 2 nitrogen and oxygen atoms in total. The molecule has 0 radical (unpaired) electrons. The van der Waals surface area contributed by atoms with Crippen LogP contribution in [0.3, 0.4) is 0 Å². The van der Waals surface area contributed by atoms with E-state index in [1.165, 1.54) is 30.6 Å². The summed E-state index contributed by atoms with van der Waals surface area (Å²) in [7, 11) is 0. The predicted molar refractivity (Wildman–Crippen MR) is 82.4 cm³/mol. The molecule has 108 valence electrons. The summed E-state index contributed by atoms with van der Waals surface area (Å²) in [4.78, 5) is 3.78. The van der Waals surface area contributed by atoms with E-state index in [2.05, 4.69) is 36.3 Å². The van der Waals surface area contributed by atoms with Crippen molar-refractivity contribution >= 4 is 11.3 Å². The van der Waals surface area contributed by atoms with Crippen molar-refractivity contribution < 1.29 is 5.11 Å². The van der Waals surface area contributed by atoms with Crippen molar-refractivity contribution in [3.05, 3.63) is 22.4 Å². The Kier molecular flexibility index (Phi) is 5.86. The minimum Gasteiger partial charge on any atom is -0.392 e. The average molecular weight is 281 g/mol. The SMILES string of the molecule is CC(C)N(Cc1cccs1)CC(O)CC1CCCC1. The lowest BCUT2D eigenvalue weighted by Gasteiger charge is -2.29. The van der Waals surface area contributed by atoms with E-state index >= 15 is 0 Å². The maximum atomic E-state index is 10.3. The van der Waals surface area contributed by atoms with Gasteiger partial charge in [-0.25, -0.2) is 0 Å². The molecule has 19 heavy (non-hydrogen) atoms. The van der Waals surface area contributed by atoms with Gasteiger partial charge in [-0.1, -0.05) is 31.7 Å². The van der Waals surface area contributed by atoms with Crippen molar-refractivity contribution in [2.75, 3.05) is 6.54 Å². The van der Waals surface area contributed by atoms with Crippen LogP contribution in [0.4, 0.5) is 0 Å². The zero-order valence-corrected chi connectivity index (χ0v) is 13.0. The third-order valence-corrected chi connectivity index (χ3v) is 5.06. The van der Waals surface area contributed by atoms with Crippen LogP contribution in [0.1, 0.15) is 50.8 Å². The molecule has 0 aliphatic heterocycles. The molecule has 1 N–H and O–H groups in total. The molecule has 1 atom stereocenters. The van der Waals surface area contributed by atoms with Gasteiger partial charge in [0.2, 0.25) is 0 Å². The molecule has 1 aliphatic rings. The standard InChI is InChI=1S/C16H27NOS/c1-13(2)17(12-16-8-5-9-19-16)11-15(18)10-14-6-3-4-7-14/h5,8-9,13-15,18H,3-4,6-7,10-12H2,1-2H3. The fraction of sp³-hybridized carbons (Fsp3) is 0.750. The number of nitrogens with zero attached hydrogens (tertiary/aromatic N) is 1. The second-order valence-electron chi connectivity index (χ2n) is 6.14. The summed E-state index contributed by atoms with van der Waals surface area (Å²) in [5.41, 5.74) is 0. The van der Waals surface area contributed by atoms with Gasteiger partial charge in [0, 0.05) is 24.0 Å². The number of aliphatic hydroxyl groups excluding tert-OH is 1. The van der Waals surface area contributed by atoms with E-state index in [4.69, 9.17) is 0 Å². The van der Waals surface area contributed by atoms with Crippen LogP contribution in [-0.4, -0.2) is 28.7 Å². The summed E-state index contributed by atoms with van der Waals surface area (Å²) in [6.07, 6.45) is 6.20. The molecule has 0 bridgehead atoms. The number of hydrogen-bond acceptors (Lipinski definition) is 3. The molecule has 0 spiro atoms. The molecule has 1 unspecified atom stereocenters. The molecule has 1 saturated carbocycles. The predicted octanol–water partition coefficient (Wildman–Crippen LogP) is 3.90. The van der Waals surface area contributed by atoms with E-state index in [1.54, 1.807) is 11.3 Å².